The van der Waals surface area contributed by atoms with Crippen molar-refractivity contribution in [1.82, 2.24) is 5.32 Å². The third-order valence-electron chi connectivity index (χ3n) is 3.49. The third kappa shape index (κ3) is 4.77. The highest BCUT2D eigenvalue weighted by atomic mass is 35.5. The summed E-state index contributed by atoms with van der Waals surface area (Å²) in [6.45, 7) is 4.31. The van der Waals surface area contributed by atoms with E-state index in [4.69, 9.17) is 11.6 Å². The van der Waals surface area contributed by atoms with Crippen molar-refractivity contribution in [3.63, 3.8) is 0 Å². The minimum atomic E-state index is 0.371. The van der Waals surface area contributed by atoms with E-state index in [9.17, 15) is 0 Å². The van der Waals surface area contributed by atoms with Crippen LogP contribution in [-0.4, -0.2) is 12.8 Å². The highest BCUT2D eigenvalue weighted by Crippen LogP contribution is 2.25. The maximum atomic E-state index is 6.20. The first-order valence-electron chi connectivity index (χ1n) is 7.16. The summed E-state index contributed by atoms with van der Waals surface area (Å²) in [4.78, 5) is 0. The van der Waals surface area contributed by atoms with Gasteiger partial charge in [-0.25, -0.2) is 0 Å². The van der Waals surface area contributed by atoms with Crippen LogP contribution in [0.15, 0.2) is 42.5 Å². The van der Waals surface area contributed by atoms with Gasteiger partial charge in [-0.05, 0) is 38.1 Å². The molecule has 112 valence electrons. The zero-order chi connectivity index (χ0) is 15.2. The Labute approximate surface area is 137 Å². The van der Waals surface area contributed by atoms with Crippen LogP contribution in [0, 0.1) is 13.8 Å². The second-order valence-corrected chi connectivity index (χ2v) is 6.81. The summed E-state index contributed by atoms with van der Waals surface area (Å²) in [6.07, 6.45) is 0. The van der Waals surface area contributed by atoms with Gasteiger partial charge in [0, 0.05) is 22.6 Å². The molecule has 21 heavy (non-hydrogen) atoms. The molecule has 0 aromatic heterocycles. The van der Waals surface area contributed by atoms with Crippen LogP contribution in [0.4, 0.5) is 0 Å². The van der Waals surface area contributed by atoms with E-state index < -0.39 is 0 Å². The van der Waals surface area contributed by atoms with Crippen LogP contribution in [-0.2, 0) is 5.75 Å². The Morgan fingerprint density at radius 1 is 1.10 bits per heavy atom. The number of aryl methyl sites for hydroxylation is 2. The summed E-state index contributed by atoms with van der Waals surface area (Å²) in [5.74, 6) is 1.98. The van der Waals surface area contributed by atoms with Gasteiger partial charge >= 0.3 is 0 Å². The van der Waals surface area contributed by atoms with Gasteiger partial charge in [0.25, 0.3) is 0 Å². The van der Waals surface area contributed by atoms with E-state index in [1.54, 1.807) is 0 Å². The summed E-state index contributed by atoms with van der Waals surface area (Å²) in [5.41, 5.74) is 5.21. The second-order valence-electron chi connectivity index (χ2n) is 5.37. The molecule has 2 rings (SSSR count). The standard InChI is InChI=1S/C18H22ClNS/c1-13-8-14(2)10-16(9-13)18(20-3)12-21-11-15-6-4-5-7-17(15)19/h4-10,18,20H,11-12H2,1-3H3. The third-order valence-corrected chi connectivity index (χ3v) is 4.95. The van der Waals surface area contributed by atoms with Gasteiger partial charge in [-0.3, -0.25) is 0 Å². The van der Waals surface area contributed by atoms with Crippen LogP contribution in [0.1, 0.15) is 28.3 Å². The van der Waals surface area contributed by atoms with Crippen LogP contribution in [0.5, 0.6) is 0 Å². The molecule has 0 aliphatic carbocycles. The van der Waals surface area contributed by atoms with Gasteiger partial charge in [0.1, 0.15) is 0 Å². The lowest BCUT2D eigenvalue weighted by Gasteiger charge is -2.18. The quantitative estimate of drug-likeness (QED) is 0.790. The van der Waals surface area contributed by atoms with Gasteiger partial charge in [0.15, 0.2) is 0 Å². The maximum Gasteiger partial charge on any atom is 0.0446 e. The normalized spacial score (nSPS) is 12.4. The Kier molecular flexibility index (Phi) is 6.16. The molecule has 0 fully saturated rings. The minimum Gasteiger partial charge on any atom is -0.312 e. The van der Waals surface area contributed by atoms with E-state index in [2.05, 4.69) is 43.4 Å². The molecule has 0 spiro atoms. The lowest BCUT2D eigenvalue weighted by atomic mass is 10.0. The molecule has 0 saturated carbocycles. The van der Waals surface area contributed by atoms with E-state index in [-0.39, 0.29) is 0 Å². The first kappa shape index (κ1) is 16.4. The molecule has 3 heteroatoms. The van der Waals surface area contributed by atoms with Gasteiger partial charge < -0.3 is 5.32 Å². The van der Waals surface area contributed by atoms with Crippen LogP contribution >= 0.6 is 23.4 Å². The molecule has 0 aliphatic rings. The fraction of sp³-hybridized carbons (Fsp3) is 0.333. The predicted octanol–water partition coefficient (Wildman–Crippen LogP) is 5.15. The van der Waals surface area contributed by atoms with Crippen molar-refractivity contribution < 1.29 is 0 Å². The van der Waals surface area contributed by atoms with Crippen molar-refractivity contribution in [2.45, 2.75) is 25.6 Å². The van der Waals surface area contributed by atoms with Crippen molar-refractivity contribution in [3.8, 4) is 0 Å². The fourth-order valence-electron chi connectivity index (χ4n) is 2.46. The molecule has 0 amide bonds. The molecule has 1 unspecified atom stereocenters. The molecule has 0 radical (unpaired) electrons. The van der Waals surface area contributed by atoms with Crippen LogP contribution in [0.2, 0.25) is 5.02 Å². The minimum absolute atomic E-state index is 0.371. The highest BCUT2D eigenvalue weighted by Gasteiger charge is 2.10. The van der Waals surface area contributed by atoms with E-state index in [0.717, 1.165) is 16.5 Å². The predicted molar refractivity (Wildman–Crippen MR) is 95.3 cm³/mol. The molecular weight excluding hydrogens is 298 g/mol. The zero-order valence-corrected chi connectivity index (χ0v) is 14.4. The van der Waals surface area contributed by atoms with Crippen molar-refractivity contribution in [1.29, 1.82) is 0 Å². The average Bonchev–Trinajstić information content (AvgIpc) is 2.44. The van der Waals surface area contributed by atoms with Crippen molar-refractivity contribution in [3.05, 3.63) is 69.7 Å². The Morgan fingerprint density at radius 2 is 1.76 bits per heavy atom. The summed E-state index contributed by atoms with van der Waals surface area (Å²) in [7, 11) is 2.03. The molecule has 1 nitrogen and oxygen atoms in total. The average molecular weight is 320 g/mol. The van der Waals surface area contributed by atoms with Gasteiger partial charge in [0.2, 0.25) is 0 Å². The SMILES string of the molecule is CNC(CSCc1ccccc1Cl)c1cc(C)cc(C)c1. The Balaban J connectivity index is 1.98. The molecular formula is C18H22ClNS. The Hall–Kier alpha value is -0.960. The monoisotopic (exact) mass is 319 g/mol. The zero-order valence-electron chi connectivity index (χ0n) is 12.8. The number of hydrogen-bond donors (Lipinski definition) is 1. The molecule has 0 aliphatic heterocycles. The lowest BCUT2D eigenvalue weighted by Crippen LogP contribution is -2.19. The first-order chi connectivity index (χ1) is 10.1. The van der Waals surface area contributed by atoms with Gasteiger partial charge in [-0.15, -0.1) is 0 Å². The molecule has 0 bridgehead atoms. The molecule has 2 aromatic rings. The number of nitrogens with one attached hydrogen (secondary N) is 1. The van der Waals surface area contributed by atoms with Crippen LogP contribution in [0.25, 0.3) is 0 Å². The number of thioether (sulfide) groups is 1. The number of hydrogen-bond acceptors (Lipinski definition) is 2. The topological polar surface area (TPSA) is 12.0 Å². The molecule has 0 saturated heterocycles. The maximum absolute atomic E-state index is 6.20. The van der Waals surface area contributed by atoms with Crippen molar-refractivity contribution in [2.24, 2.45) is 0 Å². The van der Waals surface area contributed by atoms with E-state index in [1.165, 1.54) is 22.3 Å². The molecule has 1 atom stereocenters. The van der Waals surface area contributed by atoms with Crippen LogP contribution < -0.4 is 5.32 Å². The smallest absolute Gasteiger partial charge is 0.0446 e. The first-order valence-corrected chi connectivity index (χ1v) is 8.70. The number of halogens is 1. The lowest BCUT2D eigenvalue weighted by molar-refractivity contribution is 0.660. The van der Waals surface area contributed by atoms with E-state index >= 15 is 0 Å². The van der Waals surface area contributed by atoms with Gasteiger partial charge in [-0.2, -0.15) is 11.8 Å². The Morgan fingerprint density at radius 3 is 2.38 bits per heavy atom. The Bertz CT molecular complexity index is 577. The highest BCUT2D eigenvalue weighted by molar-refractivity contribution is 7.98. The van der Waals surface area contributed by atoms with E-state index in [1.807, 2.05) is 37.0 Å². The second kappa shape index (κ2) is 7.88. The summed E-state index contributed by atoms with van der Waals surface area (Å²) < 4.78 is 0. The summed E-state index contributed by atoms with van der Waals surface area (Å²) >= 11 is 8.12. The number of benzene rings is 2. The van der Waals surface area contributed by atoms with E-state index in [0.29, 0.717) is 6.04 Å². The fourth-order valence-corrected chi connectivity index (χ4v) is 3.93. The largest absolute Gasteiger partial charge is 0.312 e. The molecule has 0 heterocycles. The van der Waals surface area contributed by atoms with Crippen molar-refractivity contribution in [2.75, 3.05) is 12.8 Å². The number of rotatable bonds is 6. The summed E-state index contributed by atoms with van der Waals surface area (Å²) in [5, 5.41) is 4.28. The van der Waals surface area contributed by atoms with Gasteiger partial charge in [0.05, 0.1) is 0 Å². The van der Waals surface area contributed by atoms with Gasteiger partial charge in [-0.1, -0.05) is 59.1 Å². The van der Waals surface area contributed by atoms with Crippen LogP contribution in [0.3, 0.4) is 0 Å². The molecule has 2 aromatic carbocycles. The molecule has 1 N–H and O–H groups in total. The van der Waals surface area contributed by atoms with Crippen molar-refractivity contribution >= 4 is 23.4 Å². The summed E-state index contributed by atoms with van der Waals surface area (Å²) in [6, 6.07) is 15.2.